The molecular formula is C20H25BrN4O. The summed E-state index contributed by atoms with van der Waals surface area (Å²) in [5.41, 5.74) is 3.05. The molecule has 0 radical (unpaired) electrons. The van der Waals surface area contributed by atoms with E-state index in [1.54, 1.807) is 0 Å². The van der Waals surface area contributed by atoms with Crippen LogP contribution in [0.25, 0.3) is 0 Å². The summed E-state index contributed by atoms with van der Waals surface area (Å²) in [4.78, 5) is 17.0. The average molecular weight is 417 g/mol. The standard InChI is InChI=1S/C20H25BrN4O/c1-15(16-4-3-5-17(21)14-16)22-20(26)23-18-6-8-19(9-7-18)25-12-10-24(2)11-13-25/h3-9,14-15H,10-13H2,1-2H3,(H2,22,23,26)/t15-/m1/s1. The zero-order chi connectivity index (χ0) is 18.5. The molecule has 2 aromatic carbocycles. The van der Waals surface area contributed by atoms with Crippen molar-refractivity contribution in [1.29, 1.82) is 0 Å². The highest BCUT2D eigenvalue weighted by Crippen LogP contribution is 2.20. The van der Waals surface area contributed by atoms with Gasteiger partial charge in [-0.05, 0) is 55.9 Å². The second-order valence-electron chi connectivity index (χ2n) is 6.71. The first kappa shape index (κ1) is 18.7. The van der Waals surface area contributed by atoms with Crippen molar-refractivity contribution in [3.63, 3.8) is 0 Å². The molecule has 0 unspecified atom stereocenters. The number of carbonyl (C=O) groups is 1. The third kappa shape index (κ3) is 4.99. The van der Waals surface area contributed by atoms with Crippen LogP contribution >= 0.6 is 15.9 Å². The Bertz CT molecular complexity index is 742. The lowest BCUT2D eigenvalue weighted by atomic mass is 10.1. The van der Waals surface area contributed by atoms with Gasteiger partial charge in [0.2, 0.25) is 0 Å². The van der Waals surface area contributed by atoms with Crippen LogP contribution in [0.5, 0.6) is 0 Å². The molecule has 0 bridgehead atoms. The predicted molar refractivity (Wildman–Crippen MR) is 111 cm³/mol. The number of rotatable bonds is 4. The quantitative estimate of drug-likeness (QED) is 0.788. The summed E-state index contributed by atoms with van der Waals surface area (Å²) < 4.78 is 1.00. The number of benzene rings is 2. The number of nitrogens with one attached hydrogen (secondary N) is 2. The third-order valence-corrected chi connectivity index (χ3v) is 5.18. The van der Waals surface area contributed by atoms with Crippen LogP contribution in [0.15, 0.2) is 53.0 Å². The molecule has 2 aromatic rings. The monoisotopic (exact) mass is 416 g/mol. The number of piperazine rings is 1. The molecule has 1 aliphatic rings. The molecule has 0 spiro atoms. The van der Waals surface area contributed by atoms with E-state index in [1.807, 2.05) is 43.3 Å². The number of likely N-dealkylation sites (N-methyl/N-ethyl adjacent to an activating group) is 1. The predicted octanol–water partition coefficient (Wildman–Crippen LogP) is 4.08. The van der Waals surface area contributed by atoms with Gasteiger partial charge in [-0.2, -0.15) is 0 Å². The lowest BCUT2D eigenvalue weighted by molar-refractivity contribution is 0.249. The van der Waals surface area contributed by atoms with Crippen molar-refractivity contribution in [1.82, 2.24) is 10.2 Å². The summed E-state index contributed by atoms with van der Waals surface area (Å²) in [6.07, 6.45) is 0. The topological polar surface area (TPSA) is 47.6 Å². The van der Waals surface area contributed by atoms with Crippen LogP contribution in [-0.2, 0) is 0 Å². The highest BCUT2D eigenvalue weighted by atomic mass is 79.9. The van der Waals surface area contributed by atoms with Crippen LogP contribution < -0.4 is 15.5 Å². The van der Waals surface area contributed by atoms with Gasteiger partial charge in [0, 0.05) is 42.0 Å². The lowest BCUT2D eigenvalue weighted by Gasteiger charge is -2.34. The van der Waals surface area contributed by atoms with Crippen LogP contribution in [0.4, 0.5) is 16.2 Å². The fourth-order valence-electron chi connectivity index (χ4n) is 3.04. The number of hydrogen-bond acceptors (Lipinski definition) is 3. The number of amides is 2. The fraction of sp³-hybridized carbons (Fsp3) is 0.350. The van der Waals surface area contributed by atoms with Crippen molar-refractivity contribution in [2.45, 2.75) is 13.0 Å². The van der Waals surface area contributed by atoms with Crippen molar-refractivity contribution >= 4 is 33.3 Å². The molecule has 1 atom stereocenters. The first-order valence-electron chi connectivity index (χ1n) is 8.88. The van der Waals surface area contributed by atoms with Crippen molar-refractivity contribution in [3.8, 4) is 0 Å². The fourth-order valence-corrected chi connectivity index (χ4v) is 3.46. The molecule has 6 heteroatoms. The molecule has 0 aliphatic carbocycles. The number of hydrogen-bond donors (Lipinski definition) is 2. The molecule has 26 heavy (non-hydrogen) atoms. The Morgan fingerprint density at radius 2 is 1.77 bits per heavy atom. The SMILES string of the molecule is C[C@@H](NC(=O)Nc1ccc(N2CCN(C)CC2)cc1)c1cccc(Br)c1. The van der Waals surface area contributed by atoms with Gasteiger partial charge in [0.15, 0.2) is 0 Å². The molecule has 3 rings (SSSR count). The Labute approximate surface area is 163 Å². The van der Waals surface area contributed by atoms with Crippen molar-refractivity contribution in [2.75, 3.05) is 43.4 Å². The molecule has 1 saturated heterocycles. The lowest BCUT2D eigenvalue weighted by Crippen LogP contribution is -2.44. The first-order chi connectivity index (χ1) is 12.5. The van der Waals surface area contributed by atoms with Crippen molar-refractivity contribution in [3.05, 3.63) is 58.6 Å². The normalized spacial score (nSPS) is 16.2. The highest BCUT2D eigenvalue weighted by Gasteiger charge is 2.14. The summed E-state index contributed by atoms with van der Waals surface area (Å²) in [5.74, 6) is 0. The van der Waals surface area contributed by atoms with Crippen LogP contribution in [-0.4, -0.2) is 44.2 Å². The van der Waals surface area contributed by atoms with E-state index < -0.39 is 0 Å². The largest absolute Gasteiger partial charge is 0.369 e. The van der Waals surface area contributed by atoms with E-state index >= 15 is 0 Å². The van der Waals surface area contributed by atoms with Gasteiger partial charge in [-0.25, -0.2) is 4.79 Å². The van der Waals surface area contributed by atoms with Crippen LogP contribution in [0, 0.1) is 0 Å². The molecule has 2 amide bonds. The van der Waals surface area contributed by atoms with Gasteiger partial charge in [-0.1, -0.05) is 28.1 Å². The Morgan fingerprint density at radius 3 is 2.42 bits per heavy atom. The minimum absolute atomic E-state index is 0.0721. The van der Waals surface area contributed by atoms with Gasteiger partial charge >= 0.3 is 6.03 Å². The molecular weight excluding hydrogens is 392 g/mol. The molecule has 138 valence electrons. The zero-order valence-electron chi connectivity index (χ0n) is 15.2. The smallest absolute Gasteiger partial charge is 0.319 e. The number of nitrogens with zero attached hydrogens (tertiary/aromatic N) is 2. The second kappa shape index (κ2) is 8.56. The Morgan fingerprint density at radius 1 is 1.08 bits per heavy atom. The van der Waals surface area contributed by atoms with Crippen LogP contribution in [0.2, 0.25) is 0 Å². The minimum Gasteiger partial charge on any atom is -0.369 e. The molecule has 5 nitrogen and oxygen atoms in total. The van der Waals surface area contributed by atoms with E-state index in [2.05, 4.69) is 55.5 Å². The molecule has 1 heterocycles. The first-order valence-corrected chi connectivity index (χ1v) is 9.67. The minimum atomic E-state index is -0.204. The molecule has 0 saturated carbocycles. The van der Waals surface area contributed by atoms with E-state index in [0.717, 1.165) is 41.9 Å². The van der Waals surface area contributed by atoms with Gasteiger partial charge in [-0.3, -0.25) is 0 Å². The summed E-state index contributed by atoms with van der Waals surface area (Å²) in [6, 6.07) is 15.7. The summed E-state index contributed by atoms with van der Waals surface area (Å²) >= 11 is 3.46. The average Bonchev–Trinajstić information content (AvgIpc) is 2.63. The Balaban J connectivity index is 1.54. The van der Waals surface area contributed by atoms with Crippen LogP contribution in [0.1, 0.15) is 18.5 Å². The Kier molecular flexibility index (Phi) is 6.16. The maximum absolute atomic E-state index is 12.3. The van der Waals surface area contributed by atoms with E-state index in [0.29, 0.717) is 0 Å². The van der Waals surface area contributed by atoms with E-state index in [1.165, 1.54) is 5.69 Å². The zero-order valence-corrected chi connectivity index (χ0v) is 16.8. The van der Waals surface area contributed by atoms with Gasteiger partial charge in [0.05, 0.1) is 6.04 Å². The van der Waals surface area contributed by atoms with Crippen LogP contribution in [0.3, 0.4) is 0 Å². The summed E-state index contributed by atoms with van der Waals surface area (Å²) in [6.45, 7) is 6.20. The maximum atomic E-state index is 12.3. The summed E-state index contributed by atoms with van der Waals surface area (Å²) in [7, 11) is 2.15. The van der Waals surface area contributed by atoms with E-state index in [9.17, 15) is 4.79 Å². The van der Waals surface area contributed by atoms with E-state index in [-0.39, 0.29) is 12.1 Å². The van der Waals surface area contributed by atoms with Gasteiger partial charge in [-0.15, -0.1) is 0 Å². The highest BCUT2D eigenvalue weighted by molar-refractivity contribution is 9.10. The number of urea groups is 1. The number of carbonyl (C=O) groups excluding carboxylic acids is 1. The summed E-state index contributed by atoms with van der Waals surface area (Å²) in [5, 5.41) is 5.87. The molecule has 1 aliphatic heterocycles. The third-order valence-electron chi connectivity index (χ3n) is 4.69. The second-order valence-corrected chi connectivity index (χ2v) is 7.63. The van der Waals surface area contributed by atoms with Gasteiger partial charge < -0.3 is 20.4 Å². The van der Waals surface area contributed by atoms with E-state index in [4.69, 9.17) is 0 Å². The number of anilines is 2. The molecule has 0 aromatic heterocycles. The van der Waals surface area contributed by atoms with Gasteiger partial charge in [0.1, 0.15) is 0 Å². The van der Waals surface area contributed by atoms with Gasteiger partial charge in [0.25, 0.3) is 0 Å². The maximum Gasteiger partial charge on any atom is 0.319 e. The molecule has 1 fully saturated rings. The van der Waals surface area contributed by atoms with Crippen molar-refractivity contribution in [2.24, 2.45) is 0 Å². The Hall–Kier alpha value is -2.05. The number of halogens is 1. The molecule has 2 N–H and O–H groups in total. The van der Waals surface area contributed by atoms with Crippen molar-refractivity contribution < 1.29 is 4.79 Å².